The summed E-state index contributed by atoms with van der Waals surface area (Å²) in [6, 6.07) is 10.3. The zero-order chi connectivity index (χ0) is 23.4. The van der Waals surface area contributed by atoms with Gasteiger partial charge in [-0.3, -0.25) is 9.28 Å². The molecule has 1 amide bonds. The molecule has 1 fully saturated rings. The molecular weight excluding hydrogens is 569 g/mol. The monoisotopic (exact) mass is 599 g/mol. The molecule has 1 saturated heterocycles. The first kappa shape index (κ1) is 26.2. The molecule has 2 N–H and O–H groups in total. The molecular formula is C23H30IN5O4S. The minimum absolute atomic E-state index is 0. The number of esters is 1. The molecule has 0 atom stereocenters. The first-order valence-electron chi connectivity index (χ1n) is 11.0. The number of carbonyl (C=O) groups is 2. The normalized spacial score (nSPS) is 16.0. The standard InChI is InChI=1S/C23H29N5O4S.HI/c1-16-14-18-21(25-19-6-4-5-7-20(19)26-22(18)33-16)27-9-11-28(3,12-10-27)15-32-23(30)24-8-13-31-17(2)29;/h4-7,14H,8-13,15H2,1-3H3,(H-,24,25,26,30);1H. The summed E-state index contributed by atoms with van der Waals surface area (Å²) in [6.07, 6.45) is -0.502. The Bertz CT molecular complexity index is 1070. The minimum atomic E-state index is -0.502. The highest BCUT2D eigenvalue weighted by Crippen LogP contribution is 2.39. The lowest BCUT2D eigenvalue weighted by atomic mass is 10.2. The van der Waals surface area contributed by atoms with E-state index >= 15 is 0 Å². The van der Waals surface area contributed by atoms with Gasteiger partial charge in [-0.2, -0.15) is 0 Å². The van der Waals surface area contributed by atoms with Crippen LogP contribution in [-0.4, -0.2) is 80.4 Å². The quantitative estimate of drug-likeness (QED) is 0.221. The topological polar surface area (TPSA) is 92.3 Å². The Labute approximate surface area is 220 Å². The third kappa shape index (κ3) is 6.39. The van der Waals surface area contributed by atoms with Crippen LogP contribution in [0.25, 0.3) is 0 Å². The van der Waals surface area contributed by atoms with Gasteiger partial charge in [0, 0.05) is 11.8 Å². The number of rotatable bonds is 5. The molecule has 2 aliphatic heterocycles. The molecule has 1 aromatic heterocycles. The number of likely N-dealkylation sites (N-methyl/N-ethyl adjacent to an activating group) is 1. The van der Waals surface area contributed by atoms with Crippen molar-refractivity contribution in [1.29, 1.82) is 0 Å². The van der Waals surface area contributed by atoms with E-state index in [4.69, 9.17) is 14.5 Å². The lowest BCUT2D eigenvalue weighted by Crippen LogP contribution is -3.00. The highest BCUT2D eigenvalue weighted by Gasteiger charge is 2.33. The Kier molecular flexibility index (Phi) is 8.77. The van der Waals surface area contributed by atoms with Crippen molar-refractivity contribution in [2.75, 3.05) is 58.4 Å². The Morgan fingerprint density at radius 1 is 1.24 bits per heavy atom. The molecule has 3 heterocycles. The Hall–Kier alpha value is -2.38. The van der Waals surface area contributed by atoms with E-state index in [1.165, 1.54) is 11.8 Å². The van der Waals surface area contributed by atoms with Crippen molar-refractivity contribution in [2.24, 2.45) is 4.99 Å². The van der Waals surface area contributed by atoms with Gasteiger partial charge >= 0.3 is 12.1 Å². The van der Waals surface area contributed by atoms with Gasteiger partial charge in [-0.1, -0.05) is 12.1 Å². The van der Waals surface area contributed by atoms with Crippen LogP contribution in [0.1, 0.15) is 17.4 Å². The van der Waals surface area contributed by atoms with Crippen LogP contribution in [0.4, 0.5) is 21.2 Å². The van der Waals surface area contributed by atoms with Crippen molar-refractivity contribution in [3.8, 4) is 0 Å². The van der Waals surface area contributed by atoms with Crippen LogP contribution >= 0.6 is 11.3 Å². The predicted molar refractivity (Wildman–Crippen MR) is 128 cm³/mol. The number of benzene rings is 1. The van der Waals surface area contributed by atoms with Gasteiger partial charge in [-0.05, 0) is 25.1 Å². The van der Waals surface area contributed by atoms with Crippen molar-refractivity contribution in [3.05, 3.63) is 40.8 Å². The minimum Gasteiger partial charge on any atom is -1.00 e. The van der Waals surface area contributed by atoms with Crippen molar-refractivity contribution in [2.45, 2.75) is 13.8 Å². The van der Waals surface area contributed by atoms with Gasteiger partial charge in [-0.15, -0.1) is 11.3 Å². The molecule has 0 saturated carbocycles. The fraction of sp³-hybridized carbons (Fsp3) is 0.435. The van der Waals surface area contributed by atoms with E-state index in [0.29, 0.717) is 4.48 Å². The van der Waals surface area contributed by atoms with E-state index in [-0.39, 0.29) is 49.8 Å². The summed E-state index contributed by atoms with van der Waals surface area (Å²) in [5.41, 5.74) is 3.08. The number of alkyl carbamates (subject to hydrolysis) is 1. The average molecular weight is 599 g/mol. The molecule has 2 aromatic rings. The maximum atomic E-state index is 12.0. The fourth-order valence-corrected chi connectivity index (χ4v) is 4.81. The number of nitrogens with one attached hydrogen (secondary N) is 2. The Morgan fingerprint density at radius 2 is 1.97 bits per heavy atom. The number of amides is 1. The summed E-state index contributed by atoms with van der Waals surface area (Å²) >= 11 is 1.74. The number of carbonyl (C=O) groups excluding carboxylic acids is 2. The van der Waals surface area contributed by atoms with Crippen molar-refractivity contribution in [3.63, 3.8) is 0 Å². The number of fused-ring (bicyclic) bond motifs is 2. The van der Waals surface area contributed by atoms with Crippen LogP contribution in [0, 0.1) is 6.92 Å². The van der Waals surface area contributed by atoms with E-state index in [0.717, 1.165) is 54.0 Å². The molecule has 4 rings (SSSR count). The van der Waals surface area contributed by atoms with Gasteiger partial charge in [0.2, 0.25) is 6.73 Å². The summed E-state index contributed by atoms with van der Waals surface area (Å²) in [4.78, 5) is 31.3. The number of quaternary nitrogens is 1. The number of thiophene rings is 1. The predicted octanol–water partition coefficient (Wildman–Crippen LogP) is 0.205. The number of aryl methyl sites for hydroxylation is 1. The molecule has 0 spiro atoms. The summed E-state index contributed by atoms with van der Waals surface area (Å²) in [5, 5.41) is 7.27. The smallest absolute Gasteiger partial charge is 0.411 e. The number of hydrogen-bond acceptors (Lipinski definition) is 8. The van der Waals surface area contributed by atoms with E-state index in [9.17, 15) is 9.59 Å². The second kappa shape index (κ2) is 11.4. The van der Waals surface area contributed by atoms with Crippen LogP contribution in [0.5, 0.6) is 0 Å². The SMILES string of the molecule is CC(=O)OCCNC(=O)OC[N+]1(C)CCN(C2=Nc3ccccc3Nc3sc(C)cc32)CC1.[I-]. The molecule has 0 aliphatic carbocycles. The molecule has 34 heavy (non-hydrogen) atoms. The number of aliphatic imine (C=N–C) groups is 1. The second-order valence-electron chi connectivity index (χ2n) is 8.56. The number of anilines is 2. The number of piperazine rings is 1. The van der Waals surface area contributed by atoms with Gasteiger partial charge < -0.3 is 49.0 Å². The van der Waals surface area contributed by atoms with Crippen LogP contribution < -0.4 is 34.6 Å². The summed E-state index contributed by atoms with van der Waals surface area (Å²) in [7, 11) is 2.09. The summed E-state index contributed by atoms with van der Waals surface area (Å²) < 4.78 is 10.9. The van der Waals surface area contributed by atoms with Gasteiger partial charge in [-0.25, -0.2) is 9.79 Å². The van der Waals surface area contributed by atoms with Crippen LogP contribution in [0.2, 0.25) is 0 Å². The number of hydrogen-bond donors (Lipinski definition) is 2. The molecule has 0 radical (unpaired) electrons. The zero-order valence-corrected chi connectivity index (χ0v) is 22.6. The first-order valence-corrected chi connectivity index (χ1v) is 11.8. The number of para-hydroxylation sites is 2. The number of ether oxygens (including phenoxy) is 2. The van der Waals surface area contributed by atoms with Gasteiger partial charge in [0.25, 0.3) is 0 Å². The Balaban J connectivity index is 0.00000324. The highest BCUT2D eigenvalue weighted by molar-refractivity contribution is 7.16. The van der Waals surface area contributed by atoms with E-state index in [1.807, 2.05) is 18.2 Å². The maximum Gasteiger partial charge on any atom is 0.411 e. The second-order valence-corrected chi connectivity index (χ2v) is 9.82. The largest absolute Gasteiger partial charge is 1.00 e. The zero-order valence-electron chi connectivity index (χ0n) is 19.6. The van der Waals surface area contributed by atoms with Crippen LogP contribution in [0.15, 0.2) is 35.3 Å². The average Bonchev–Trinajstić information content (AvgIpc) is 3.07. The van der Waals surface area contributed by atoms with Gasteiger partial charge in [0.15, 0.2) is 0 Å². The van der Waals surface area contributed by atoms with Crippen molar-refractivity contribution >= 4 is 45.6 Å². The molecule has 1 aromatic carbocycles. The highest BCUT2D eigenvalue weighted by atomic mass is 127. The van der Waals surface area contributed by atoms with Gasteiger partial charge in [0.1, 0.15) is 17.4 Å². The Morgan fingerprint density at radius 3 is 2.71 bits per heavy atom. The third-order valence-corrected chi connectivity index (χ3v) is 6.74. The molecule has 9 nitrogen and oxygen atoms in total. The molecule has 2 aliphatic rings. The van der Waals surface area contributed by atoms with Crippen LogP contribution in [-0.2, 0) is 14.3 Å². The third-order valence-electron chi connectivity index (χ3n) is 5.78. The van der Waals surface area contributed by atoms with E-state index < -0.39 is 6.09 Å². The van der Waals surface area contributed by atoms with E-state index in [2.05, 4.69) is 41.6 Å². The molecule has 11 heteroatoms. The maximum absolute atomic E-state index is 12.0. The molecule has 0 unspecified atom stereocenters. The van der Waals surface area contributed by atoms with Crippen molar-refractivity contribution < 1.29 is 47.5 Å². The van der Waals surface area contributed by atoms with Crippen molar-refractivity contribution in [1.82, 2.24) is 10.2 Å². The molecule has 184 valence electrons. The number of amidine groups is 1. The molecule has 0 bridgehead atoms. The number of halogens is 1. The lowest BCUT2D eigenvalue weighted by molar-refractivity contribution is -0.928. The first-order chi connectivity index (χ1) is 15.8. The van der Waals surface area contributed by atoms with Gasteiger partial charge in [0.05, 0.1) is 56.7 Å². The van der Waals surface area contributed by atoms with E-state index in [1.54, 1.807) is 11.3 Å². The lowest BCUT2D eigenvalue weighted by Gasteiger charge is -2.42. The fourth-order valence-electron chi connectivity index (χ4n) is 3.89. The number of nitrogens with zero attached hydrogens (tertiary/aromatic N) is 3. The summed E-state index contributed by atoms with van der Waals surface area (Å²) in [6.45, 7) is 7.37. The summed E-state index contributed by atoms with van der Waals surface area (Å²) in [5.74, 6) is 0.616. The van der Waals surface area contributed by atoms with Crippen LogP contribution in [0.3, 0.4) is 0 Å².